The van der Waals surface area contributed by atoms with Crippen molar-refractivity contribution in [3.63, 3.8) is 0 Å². The summed E-state index contributed by atoms with van der Waals surface area (Å²) in [6.45, 7) is 5.38. The van der Waals surface area contributed by atoms with E-state index < -0.39 is 0 Å². The minimum atomic E-state index is 0.181. The van der Waals surface area contributed by atoms with E-state index in [9.17, 15) is 5.11 Å². The van der Waals surface area contributed by atoms with Gasteiger partial charge in [0.25, 0.3) is 0 Å². The summed E-state index contributed by atoms with van der Waals surface area (Å²) in [7, 11) is 0. The number of nitrogens with two attached hydrogens (primary N) is 1. The van der Waals surface area contributed by atoms with Gasteiger partial charge in [0.15, 0.2) is 0 Å². The molecular weight excluding hydrogens is 226 g/mol. The van der Waals surface area contributed by atoms with Crippen LogP contribution in [-0.4, -0.2) is 29.3 Å². The molecular formula is C14H23N3O. The maximum atomic E-state index is 9.28. The molecule has 1 heterocycles. The lowest BCUT2D eigenvalue weighted by molar-refractivity contribution is 0.283. The molecule has 0 saturated heterocycles. The number of aliphatic hydroxyl groups excluding tert-OH is 1. The Labute approximate surface area is 109 Å². The Hall–Kier alpha value is -1.13. The number of hydrogen-bond donors (Lipinski definition) is 2. The van der Waals surface area contributed by atoms with Gasteiger partial charge in [-0.3, -0.25) is 4.98 Å². The molecule has 0 radical (unpaired) electrons. The van der Waals surface area contributed by atoms with Crippen LogP contribution in [0.25, 0.3) is 0 Å². The van der Waals surface area contributed by atoms with Crippen molar-refractivity contribution in [3.05, 3.63) is 23.0 Å². The van der Waals surface area contributed by atoms with Gasteiger partial charge in [0, 0.05) is 41.8 Å². The molecule has 0 atom stereocenters. The van der Waals surface area contributed by atoms with Crippen molar-refractivity contribution in [2.75, 3.05) is 18.1 Å². The first kappa shape index (κ1) is 13.3. The van der Waals surface area contributed by atoms with Crippen molar-refractivity contribution in [1.82, 2.24) is 4.98 Å². The van der Waals surface area contributed by atoms with E-state index in [1.165, 1.54) is 24.9 Å². The first-order chi connectivity index (χ1) is 8.67. The van der Waals surface area contributed by atoms with Gasteiger partial charge in [-0.2, -0.15) is 0 Å². The third-order valence-electron chi connectivity index (χ3n) is 3.81. The Morgan fingerprint density at radius 2 is 2.17 bits per heavy atom. The Morgan fingerprint density at radius 3 is 2.67 bits per heavy atom. The van der Waals surface area contributed by atoms with Gasteiger partial charge in [0.05, 0.1) is 6.61 Å². The first-order valence-corrected chi connectivity index (χ1v) is 6.72. The zero-order chi connectivity index (χ0) is 13.1. The van der Waals surface area contributed by atoms with E-state index >= 15 is 0 Å². The molecule has 1 aromatic heterocycles. The highest BCUT2D eigenvalue weighted by molar-refractivity contribution is 5.57. The fourth-order valence-corrected chi connectivity index (χ4v) is 2.65. The summed E-state index contributed by atoms with van der Waals surface area (Å²) in [6.07, 6.45) is 3.71. The van der Waals surface area contributed by atoms with Crippen LogP contribution in [0.2, 0.25) is 0 Å². The summed E-state index contributed by atoms with van der Waals surface area (Å²) in [5, 5.41) is 9.28. The maximum Gasteiger partial charge on any atom is 0.0606 e. The fraction of sp³-hybridized carbons (Fsp3) is 0.643. The minimum absolute atomic E-state index is 0.181. The molecule has 0 amide bonds. The molecule has 1 aliphatic rings. The Morgan fingerprint density at radius 1 is 1.44 bits per heavy atom. The number of nitrogens with zero attached hydrogens (tertiary/aromatic N) is 2. The molecule has 4 nitrogen and oxygen atoms in total. The topological polar surface area (TPSA) is 62.4 Å². The van der Waals surface area contributed by atoms with Gasteiger partial charge in [0.2, 0.25) is 0 Å². The van der Waals surface area contributed by atoms with E-state index in [0.29, 0.717) is 19.1 Å². The van der Waals surface area contributed by atoms with Crippen LogP contribution in [0.4, 0.5) is 5.69 Å². The predicted molar refractivity (Wildman–Crippen MR) is 73.7 cm³/mol. The van der Waals surface area contributed by atoms with Crippen molar-refractivity contribution >= 4 is 5.69 Å². The van der Waals surface area contributed by atoms with Crippen LogP contribution in [0.5, 0.6) is 0 Å². The van der Waals surface area contributed by atoms with Gasteiger partial charge < -0.3 is 15.7 Å². The van der Waals surface area contributed by atoms with E-state index in [4.69, 9.17) is 5.73 Å². The number of aromatic nitrogens is 1. The number of rotatable bonds is 5. The van der Waals surface area contributed by atoms with Gasteiger partial charge in [0.1, 0.15) is 0 Å². The standard InChI is InChI=1S/C14H23N3O/c1-10-8-14(13(9-15)11(2)16-10)17(6-7-18)12-4-3-5-12/h8,12,18H,3-7,9,15H2,1-2H3. The number of pyridine rings is 1. The zero-order valence-corrected chi connectivity index (χ0v) is 11.3. The van der Waals surface area contributed by atoms with Crippen molar-refractivity contribution in [1.29, 1.82) is 0 Å². The molecule has 0 spiro atoms. The first-order valence-electron chi connectivity index (χ1n) is 6.72. The van der Waals surface area contributed by atoms with Crippen molar-refractivity contribution < 1.29 is 5.11 Å². The summed E-state index contributed by atoms with van der Waals surface area (Å²) in [6, 6.07) is 2.66. The molecule has 18 heavy (non-hydrogen) atoms. The quantitative estimate of drug-likeness (QED) is 0.830. The van der Waals surface area contributed by atoms with E-state index in [0.717, 1.165) is 17.0 Å². The van der Waals surface area contributed by atoms with Gasteiger partial charge in [-0.1, -0.05) is 0 Å². The van der Waals surface area contributed by atoms with Crippen LogP contribution in [0.15, 0.2) is 6.07 Å². The molecule has 1 saturated carbocycles. The zero-order valence-electron chi connectivity index (χ0n) is 11.3. The number of anilines is 1. The highest BCUT2D eigenvalue weighted by Gasteiger charge is 2.26. The molecule has 2 rings (SSSR count). The third kappa shape index (κ3) is 2.49. The SMILES string of the molecule is Cc1cc(N(CCO)C2CCC2)c(CN)c(C)n1. The summed E-state index contributed by atoms with van der Waals surface area (Å²) >= 11 is 0. The lowest BCUT2D eigenvalue weighted by Gasteiger charge is -2.40. The monoisotopic (exact) mass is 249 g/mol. The Balaban J connectivity index is 2.38. The Kier molecular flexibility index (Phi) is 4.19. The molecule has 0 unspecified atom stereocenters. The second kappa shape index (κ2) is 5.67. The molecule has 100 valence electrons. The fourth-order valence-electron chi connectivity index (χ4n) is 2.65. The van der Waals surface area contributed by atoms with Crippen LogP contribution < -0.4 is 10.6 Å². The largest absolute Gasteiger partial charge is 0.395 e. The molecule has 4 heteroatoms. The lowest BCUT2D eigenvalue weighted by Crippen LogP contribution is -2.42. The molecule has 0 aromatic carbocycles. The van der Waals surface area contributed by atoms with Crippen molar-refractivity contribution in [3.8, 4) is 0 Å². The highest BCUT2D eigenvalue weighted by atomic mass is 16.3. The smallest absolute Gasteiger partial charge is 0.0606 e. The van der Waals surface area contributed by atoms with E-state index in [-0.39, 0.29) is 6.61 Å². The third-order valence-corrected chi connectivity index (χ3v) is 3.81. The number of hydrogen-bond acceptors (Lipinski definition) is 4. The van der Waals surface area contributed by atoms with Crippen LogP contribution in [0, 0.1) is 13.8 Å². The Bertz CT molecular complexity index is 416. The molecule has 0 aliphatic heterocycles. The molecule has 1 fully saturated rings. The summed E-state index contributed by atoms with van der Waals surface area (Å²) < 4.78 is 0. The van der Waals surface area contributed by atoms with E-state index in [1.807, 2.05) is 13.8 Å². The summed E-state index contributed by atoms with van der Waals surface area (Å²) in [5.41, 5.74) is 10.2. The maximum absolute atomic E-state index is 9.28. The minimum Gasteiger partial charge on any atom is -0.395 e. The molecule has 1 aromatic rings. The normalized spacial score (nSPS) is 15.6. The van der Waals surface area contributed by atoms with Crippen LogP contribution in [-0.2, 0) is 6.54 Å². The average molecular weight is 249 g/mol. The highest BCUT2D eigenvalue weighted by Crippen LogP contribution is 2.32. The van der Waals surface area contributed by atoms with Gasteiger partial charge >= 0.3 is 0 Å². The predicted octanol–water partition coefficient (Wildman–Crippen LogP) is 1.51. The number of aliphatic hydroxyl groups is 1. The van der Waals surface area contributed by atoms with Crippen molar-refractivity contribution in [2.45, 2.75) is 45.7 Å². The van der Waals surface area contributed by atoms with Gasteiger partial charge in [-0.25, -0.2) is 0 Å². The second-order valence-electron chi connectivity index (χ2n) is 5.05. The average Bonchev–Trinajstić information content (AvgIpc) is 2.25. The van der Waals surface area contributed by atoms with Crippen molar-refractivity contribution in [2.24, 2.45) is 5.73 Å². The van der Waals surface area contributed by atoms with Gasteiger partial charge in [-0.05, 0) is 39.2 Å². The summed E-state index contributed by atoms with van der Waals surface area (Å²) in [4.78, 5) is 6.79. The van der Waals surface area contributed by atoms with E-state index in [2.05, 4.69) is 16.0 Å². The second-order valence-corrected chi connectivity index (χ2v) is 5.05. The van der Waals surface area contributed by atoms with E-state index in [1.54, 1.807) is 0 Å². The molecule has 1 aliphatic carbocycles. The lowest BCUT2D eigenvalue weighted by atomic mass is 9.90. The molecule has 0 bridgehead atoms. The van der Waals surface area contributed by atoms with Crippen LogP contribution in [0.3, 0.4) is 0 Å². The molecule has 3 N–H and O–H groups in total. The van der Waals surface area contributed by atoms with Gasteiger partial charge in [-0.15, -0.1) is 0 Å². The van der Waals surface area contributed by atoms with Crippen LogP contribution in [0.1, 0.15) is 36.2 Å². The number of aryl methyl sites for hydroxylation is 2. The summed E-state index contributed by atoms with van der Waals surface area (Å²) in [5.74, 6) is 0. The van der Waals surface area contributed by atoms with Crippen LogP contribution >= 0.6 is 0 Å².